The Hall–Kier alpha value is -0.400. The van der Waals surface area contributed by atoms with Crippen LogP contribution >= 0.6 is 0 Å². The van der Waals surface area contributed by atoms with Crippen LogP contribution in [0.25, 0.3) is 0 Å². The van der Waals surface area contributed by atoms with Gasteiger partial charge >= 0.3 is 70.9 Å². The quantitative estimate of drug-likeness (QED) is 0.587. The molecule has 0 aromatic carbocycles. The van der Waals surface area contributed by atoms with Gasteiger partial charge in [-0.3, -0.25) is 0 Å². The summed E-state index contributed by atoms with van der Waals surface area (Å²) in [6.07, 6.45) is 3.24. The Morgan fingerprint density at radius 2 is 1.73 bits per heavy atom. The monoisotopic (exact) mass is 268 g/mol. The Morgan fingerprint density at radius 3 is 2.36 bits per heavy atom. The van der Waals surface area contributed by atoms with E-state index in [-0.39, 0.29) is 0 Å². The minimum atomic E-state index is -1.91. The third-order valence-corrected chi connectivity index (χ3v) is 5.44. The SMILES string of the molecule is C1CC2=NO[Te]3=C2C(=NO3)C1. The molecule has 0 saturated heterocycles. The molecule has 0 atom stereocenters. The first-order chi connectivity index (χ1) is 5.45. The number of hydrogen-bond acceptors (Lipinski definition) is 4. The minimum absolute atomic E-state index is 1.05. The fraction of sp³-hybridized carbons (Fsp3) is 0.500. The van der Waals surface area contributed by atoms with Crippen molar-refractivity contribution in [3.63, 3.8) is 0 Å². The molecule has 0 radical (unpaired) electrons. The third kappa shape index (κ3) is 0.728. The predicted molar refractivity (Wildman–Crippen MR) is 41.7 cm³/mol. The third-order valence-electron chi connectivity index (χ3n) is 1.95. The van der Waals surface area contributed by atoms with Crippen LogP contribution in [0, 0.1) is 0 Å². The Labute approximate surface area is 71.0 Å². The first-order valence-corrected chi connectivity index (χ1v) is 6.62. The van der Waals surface area contributed by atoms with E-state index in [1.165, 1.54) is 3.55 Å². The van der Waals surface area contributed by atoms with E-state index >= 15 is 0 Å². The van der Waals surface area contributed by atoms with Gasteiger partial charge in [-0.25, -0.2) is 0 Å². The summed E-state index contributed by atoms with van der Waals surface area (Å²) in [7, 11) is 0. The van der Waals surface area contributed by atoms with Crippen LogP contribution in [0.15, 0.2) is 10.3 Å². The molecule has 5 heteroatoms. The topological polar surface area (TPSA) is 43.2 Å². The summed E-state index contributed by atoms with van der Waals surface area (Å²) in [5.41, 5.74) is 2.23. The number of hydrogen-bond donors (Lipinski definition) is 0. The first-order valence-electron chi connectivity index (χ1n) is 3.56. The maximum absolute atomic E-state index is 5.17. The summed E-state index contributed by atoms with van der Waals surface area (Å²) >= 11 is -1.91. The van der Waals surface area contributed by atoms with Crippen LogP contribution in [-0.4, -0.2) is 34.9 Å². The van der Waals surface area contributed by atoms with E-state index in [2.05, 4.69) is 10.3 Å². The summed E-state index contributed by atoms with van der Waals surface area (Å²) in [6.45, 7) is 0. The van der Waals surface area contributed by atoms with Crippen LogP contribution in [0.4, 0.5) is 0 Å². The average Bonchev–Trinajstić information content (AvgIpc) is 2.60. The second-order valence-corrected chi connectivity index (χ2v) is 6.00. The van der Waals surface area contributed by atoms with Crippen molar-refractivity contribution in [1.29, 1.82) is 0 Å². The Morgan fingerprint density at radius 1 is 1.09 bits per heavy atom. The summed E-state index contributed by atoms with van der Waals surface area (Å²) in [6, 6.07) is 0. The van der Waals surface area contributed by atoms with Crippen molar-refractivity contribution in [1.82, 2.24) is 0 Å². The maximum atomic E-state index is 5.17. The number of nitrogens with zero attached hydrogens (tertiary/aromatic N) is 2. The number of rotatable bonds is 0. The molecule has 1 aliphatic carbocycles. The Kier molecular flexibility index (Phi) is 1.15. The van der Waals surface area contributed by atoms with Crippen molar-refractivity contribution >= 4 is 34.9 Å². The van der Waals surface area contributed by atoms with Gasteiger partial charge in [-0.2, -0.15) is 0 Å². The molecule has 1 fully saturated rings. The molecule has 3 aliphatic rings. The molecule has 3 rings (SSSR count). The van der Waals surface area contributed by atoms with Gasteiger partial charge in [0.15, 0.2) is 0 Å². The molecule has 0 unspecified atom stereocenters. The molecular weight excluding hydrogens is 260 g/mol. The van der Waals surface area contributed by atoms with Gasteiger partial charge in [0.1, 0.15) is 0 Å². The van der Waals surface area contributed by atoms with E-state index in [0.29, 0.717) is 0 Å². The van der Waals surface area contributed by atoms with Gasteiger partial charge in [0.05, 0.1) is 0 Å². The standard InChI is InChI=1S/C6H6N2O2Te/c1-2-4-6-5(3-1)8-10-11(6)9-7-4/h1-3H2. The molecule has 0 bridgehead atoms. The summed E-state index contributed by atoms with van der Waals surface area (Å²) in [5, 5.41) is 7.98. The molecule has 11 heavy (non-hydrogen) atoms. The van der Waals surface area contributed by atoms with Crippen LogP contribution in [0.1, 0.15) is 19.3 Å². The number of oxime groups is 2. The van der Waals surface area contributed by atoms with Crippen LogP contribution in [0.2, 0.25) is 0 Å². The molecule has 0 spiro atoms. The molecule has 4 nitrogen and oxygen atoms in total. The van der Waals surface area contributed by atoms with Gasteiger partial charge in [-0.15, -0.1) is 0 Å². The van der Waals surface area contributed by atoms with Gasteiger partial charge < -0.3 is 0 Å². The molecule has 0 aromatic rings. The van der Waals surface area contributed by atoms with Gasteiger partial charge in [-0.05, 0) is 0 Å². The van der Waals surface area contributed by atoms with Crippen LogP contribution in [0.3, 0.4) is 0 Å². The first kappa shape index (κ1) is 6.15. The zero-order chi connectivity index (χ0) is 7.26. The van der Waals surface area contributed by atoms with E-state index < -0.39 is 19.9 Å². The summed E-state index contributed by atoms with van der Waals surface area (Å²) < 4.78 is 11.6. The van der Waals surface area contributed by atoms with Crippen LogP contribution < -0.4 is 0 Å². The Bertz CT molecular complexity index is 291. The second kappa shape index (κ2) is 2.05. The van der Waals surface area contributed by atoms with E-state index in [4.69, 9.17) is 6.40 Å². The summed E-state index contributed by atoms with van der Waals surface area (Å²) in [5.74, 6) is 0. The zero-order valence-electron chi connectivity index (χ0n) is 5.74. The van der Waals surface area contributed by atoms with Crippen molar-refractivity contribution in [3.05, 3.63) is 0 Å². The van der Waals surface area contributed by atoms with E-state index in [1.54, 1.807) is 0 Å². The van der Waals surface area contributed by atoms with Crippen molar-refractivity contribution in [3.8, 4) is 0 Å². The van der Waals surface area contributed by atoms with Crippen molar-refractivity contribution < 1.29 is 6.40 Å². The van der Waals surface area contributed by atoms with Crippen molar-refractivity contribution in [2.24, 2.45) is 10.3 Å². The molecule has 2 heterocycles. The molecule has 0 N–H and O–H groups in total. The molecule has 0 aromatic heterocycles. The average molecular weight is 266 g/mol. The molecule has 0 amide bonds. The van der Waals surface area contributed by atoms with E-state index in [9.17, 15) is 0 Å². The van der Waals surface area contributed by atoms with Crippen LogP contribution in [-0.2, 0) is 6.40 Å². The van der Waals surface area contributed by atoms with Crippen LogP contribution in [0.5, 0.6) is 0 Å². The molecular formula is C6H6N2O2Te. The van der Waals surface area contributed by atoms with Gasteiger partial charge in [0, 0.05) is 0 Å². The fourth-order valence-corrected chi connectivity index (χ4v) is 4.73. The van der Waals surface area contributed by atoms with Gasteiger partial charge in [0.2, 0.25) is 0 Å². The van der Waals surface area contributed by atoms with Gasteiger partial charge in [-0.1, -0.05) is 0 Å². The molecule has 58 valence electrons. The molecule has 1 saturated carbocycles. The van der Waals surface area contributed by atoms with Crippen molar-refractivity contribution in [2.45, 2.75) is 19.3 Å². The van der Waals surface area contributed by atoms with Crippen molar-refractivity contribution in [2.75, 3.05) is 0 Å². The summed E-state index contributed by atoms with van der Waals surface area (Å²) in [4.78, 5) is 0. The second-order valence-electron chi connectivity index (χ2n) is 2.64. The molecule has 2 aliphatic heterocycles. The predicted octanol–water partition coefficient (Wildman–Crippen LogP) is 0.185. The fourth-order valence-electron chi connectivity index (χ4n) is 1.43. The normalized spacial score (nSPS) is 27.1. The zero-order valence-corrected chi connectivity index (χ0v) is 8.07. The Balaban J connectivity index is 2.16. The van der Waals surface area contributed by atoms with Gasteiger partial charge in [0.25, 0.3) is 0 Å². The van der Waals surface area contributed by atoms with E-state index in [1.807, 2.05) is 0 Å². The van der Waals surface area contributed by atoms with E-state index in [0.717, 1.165) is 30.7 Å².